The van der Waals surface area contributed by atoms with Gasteiger partial charge in [-0.3, -0.25) is 4.79 Å². The van der Waals surface area contributed by atoms with Crippen LogP contribution in [-0.2, 0) is 0 Å². The molecule has 3 heterocycles. The third kappa shape index (κ3) is 3.27. The second-order valence-electron chi connectivity index (χ2n) is 6.01. The second kappa shape index (κ2) is 6.38. The summed E-state index contributed by atoms with van der Waals surface area (Å²) in [5.74, 6) is 1.20. The number of amides is 1. The molecule has 1 amide bonds. The molecule has 0 aromatic carbocycles. The van der Waals surface area contributed by atoms with Crippen LogP contribution in [0, 0.1) is 0 Å². The average Bonchev–Trinajstić information content (AvgIpc) is 3.46. The van der Waals surface area contributed by atoms with E-state index in [4.69, 9.17) is 0 Å². The average molecular weight is 325 g/mol. The number of rotatable bonds is 4. The molecule has 1 saturated heterocycles. The van der Waals surface area contributed by atoms with E-state index in [1.54, 1.807) is 30.7 Å². The van der Waals surface area contributed by atoms with Gasteiger partial charge in [0.1, 0.15) is 5.69 Å². The molecule has 24 heavy (non-hydrogen) atoms. The Morgan fingerprint density at radius 3 is 2.50 bits per heavy atom. The maximum Gasteiger partial charge on any atom is 0.272 e. The minimum atomic E-state index is -0.0510. The first-order valence-electron chi connectivity index (χ1n) is 8.20. The topological polar surface area (TPSA) is 87.1 Å². The molecular formula is C16H19N7O. The zero-order valence-electron chi connectivity index (χ0n) is 13.3. The number of carbonyl (C=O) groups is 1. The molecule has 4 rings (SSSR count). The van der Waals surface area contributed by atoms with Gasteiger partial charge in [0.15, 0.2) is 0 Å². The fourth-order valence-corrected chi connectivity index (χ4v) is 2.68. The van der Waals surface area contributed by atoms with E-state index in [0.717, 1.165) is 12.8 Å². The van der Waals surface area contributed by atoms with Gasteiger partial charge in [-0.25, -0.2) is 19.9 Å². The third-order valence-corrected chi connectivity index (χ3v) is 4.19. The Morgan fingerprint density at radius 2 is 1.79 bits per heavy atom. The molecule has 124 valence electrons. The lowest BCUT2D eigenvalue weighted by atomic mass is 10.2. The lowest BCUT2D eigenvalue weighted by molar-refractivity contribution is 0.0740. The SMILES string of the molecule is O=C(c1ccnc(NC2CC2)n1)N1CCN(c2ncccn2)CC1. The van der Waals surface area contributed by atoms with Crippen molar-refractivity contribution in [3.05, 3.63) is 36.4 Å². The lowest BCUT2D eigenvalue weighted by Gasteiger charge is -2.34. The number of aromatic nitrogens is 4. The molecule has 8 nitrogen and oxygen atoms in total. The van der Waals surface area contributed by atoms with Crippen LogP contribution < -0.4 is 10.2 Å². The normalized spacial score (nSPS) is 17.7. The van der Waals surface area contributed by atoms with Crippen LogP contribution in [0.15, 0.2) is 30.7 Å². The molecule has 1 aliphatic carbocycles. The Balaban J connectivity index is 1.39. The molecule has 0 spiro atoms. The molecule has 0 atom stereocenters. The van der Waals surface area contributed by atoms with E-state index in [2.05, 4.69) is 30.2 Å². The van der Waals surface area contributed by atoms with Gasteiger partial charge in [0, 0.05) is 50.8 Å². The predicted molar refractivity (Wildman–Crippen MR) is 88.8 cm³/mol. The van der Waals surface area contributed by atoms with Crippen molar-refractivity contribution < 1.29 is 4.79 Å². The van der Waals surface area contributed by atoms with Gasteiger partial charge in [-0.1, -0.05) is 0 Å². The van der Waals surface area contributed by atoms with Crippen LogP contribution in [0.1, 0.15) is 23.3 Å². The van der Waals surface area contributed by atoms with Crippen LogP contribution in [-0.4, -0.2) is 63.0 Å². The van der Waals surface area contributed by atoms with Crippen molar-refractivity contribution in [1.82, 2.24) is 24.8 Å². The minimum Gasteiger partial charge on any atom is -0.351 e. The largest absolute Gasteiger partial charge is 0.351 e. The maximum absolute atomic E-state index is 12.7. The Kier molecular flexibility index (Phi) is 3.94. The first-order chi connectivity index (χ1) is 11.8. The fraction of sp³-hybridized carbons (Fsp3) is 0.438. The van der Waals surface area contributed by atoms with Crippen LogP contribution >= 0.6 is 0 Å². The Hall–Kier alpha value is -2.77. The summed E-state index contributed by atoms with van der Waals surface area (Å²) in [5.41, 5.74) is 0.442. The first-order valence-corrected chi connectivity index (χ1v) is 8.20. The third-order valence-electron chi connectivity index (χ3n) is 4.19. The number of anilines is 2. The van der Waals surface area contributed by atoms with Crippen LogP contribution in [0.3, 0.4) is 0 Å². The number of hydrogen-bond donors (Lipinski definition) is 1. The van der Waals surface area contributed by atoms with Crippen molar-refractivity contribution in [2.24, 2.45) is 0 Å². The number of carbonyl (C=O) groups excluding carboxylic acids is 1. The van der Waals surface area contributed by atoms with Gasteiger partial charge in [-0.05, 0) is 25.0 Å². The molecule has 8 heteroatoms. The summed E-state index contributed by atoms with van der Waals surface area (Å²) >= 11 is 0. The van der Waals surface area contributed by atoms with E-state index in [0.29, 0.717) is 49.8 Å². The Labute approximate surface area is 140 Å². The number of piperazine rings is 1. The first kappa shape index (κ1) is 14.8. The summed E-state index contributed by atoms with van der Waals surface area (Å²) in [5, 5.41) is 3.22. The van der Waals surface area contributed by atoms with Gasteiger partial charge in [-0.15, -0.1) is 0 Å². The van der Waals surface area contributed by atoms with E-state index >= 15 is 0 Å². The Bertz CT molecular complexity index is 711. The number of nitrogens with zero attached hydrogens (tertiary/aromatic N) is 6. The van der Waals surface area contributed by atoms with Crippen molar-refractivity contribution in [1.29, 1.82) is 0 Å². The molecule has 1 N–H and O–H groups in total. The molecule has 0 radical (unpaired) electrons. The Morgan fingerprint density at radius 1 is 1.04 bits per heavy atom. The molecule has 2 aromatic heterocycles. The summed E-state index contributed by atoms with van der Waals surface area (Å²) in [6.07, 6.45) is 7.39. The van der Waals surface area contributed by atoms with Crippen molar-refractivity contribution in [2.45, 2.75) is 18.9 Å². The highest BCUT2D eigenvalue weighted by atomic mass is 16.2. The molecule has 2 aliphatic rings. The quantitative estimate of drug-likeness (QED) is 0.890. The van der Waals surface area contributed by atoms with Crippen LogP contribution in [0.2, 0.25) is 0 Å². The highest BCUT2D eigenvalue weighted by Gasteiger charge is 2.25. The van der Waals surface area contributed by atoms with Gasteiger partial charge >= 0.3 is 0 Å². The lowest BCUT2D eigenvalue weighted by Crippen LogP contribution is -2.49. The molecule has 0 bridgehead atoms. The molecule has 1 saturated carbocycles. The summed E-state index contributed by atoms with van der Waals surface area (Å²) in [6.45, 7) is 2.70. The van der Waals surface area contributed by atoms with E-state index in [9.17, 15) is 4.79 Å². The molecular weight excluding hydrogens is 306 g/mol. The van der Waals surface area contributed by atoms with Crippen molar-refractivity contribution in [3.8, 4) is 0 Å². The van der Waals surface area contributed by atoms with Crippen molar-refractivity contribution in [3.63, 3.8) is 0 Å². The van der Waals surface area contributed by atoms with E-state index < -0.39 is 0 Å². The summed E-state index contributed by atoms with van der Waals surface area (Å²) in [6, 6.07) is 3.93. The summed E-state index contributed by atoms with van der Waals surface area (Å²) in [4.78, 5) is 33.6. The highest BCUT2D eigenvalue weighted by molar-refractivity contribution is 5.92. The standard InChI is InChI=1S/C16H19N7O/c24-14(13-4-7-17-15(21-13)20-12-2-3-12)22-8-10-23(11-9-22)16-18-5-1-6-19-16/h1,4-7,12H,2-3,8-11H2,(H,17,20,21). The predicted octanol–water partition coefficient (Wildman–Crippen LogP) is 0.803. The smallest absolute Gasteiger partial charge is 0.272 e. The fourth-order valence-electron chi connectivity index (χ4n) is 2.68. The van der Waals surface area contributed by atoms with E-state index in [-0.39, 0.29) is 5.91 Å². The van der Waals surface area contributed by atoms with E-state index in [1.807, 2.05) is 4.90 Å². The van der Waals surface area contributed by atoms with Gasteiger partial charge in [-0.2, -0.15) is 0 Å². The minimum absolute atomic E-state index is 0.0510. The van der Waals surface area contributed by atoms with Gasteiger partial charge in [0.2, 0.25) is 11.9 Å². The maximum atomic E-state index is 12.7. The van der Waals surface area contributed by atoms with Gasteiger partial charge in [0.25, 0.3) is 5.91 Å². The molecule has 1 aliphatic heterocycles. The molecule has 0 unspecified atom stereocenters. The molecule has 2 fully saturated rings. The zero-order chi connectivity index (χ0) is 16.4. The summed E-state index contributed by atoms with van der Waals surface area (Å²) in [7, 11) is 0. The van der Waals surface area contributed by atoms with Crippen LogP contribution in [0.25, 0.3) is 0 Å². The van der Waals surface area contributed by atoms with Gasteiger partial charge in [0.05, 0.1) is 0 Å². The number of hydrogen-bond acceptors (Lipinski definition) is 7. The monoisotopic (exact) mass is 325 g/mol. The highest BCUT2D eigenvalue weighted by Crippen LogP contribution is 2.22. The zero-order valence-corrected chi connectivity index (χ0v) is 13.3. The van der Waals surface area contributed by atoms with E-state index in [1.165, 1.54) is 0 Å². The second-order valence-corrected chi connectivity index (χ2v) is 6.01. The van der Waals surface area contributed by atoms with Crippen LogP contribution in [0.4, 0.5) is 11.9 Å². The van der Waals surface area contributed by atoms with Gasteiger partial charge < -0.3 is 15.1 Å². The van der Waals surface area contributed by atoms with Crippen molar-refractivity contribution >= 4 is 17.8 Å². The van der Waals surface area contributed by atoms with Crippen molar-refractivity contribution in [2.75, 3.05) is 36.4 Å². The summed E-state index contributed by atoms with van der Waals surface area (Å²) < 4.78 is 0. The molecule has 2 aromatic rings. The van der Waals surface area contributed by atoms with Crippen LogP contribution in [0.5, 0.6) is 0 Å². The number of nitrogens with one attached hydrogen (secondary N) is 1.